The van der Waals surface area contributed by atoms with E-state index in [1.54, 1.807) is 13.0 Å². The number of hydrogen-bond donors (Lipinski definition) is 2. The second-order valence-electron chi connectivity index (χ2n) is 6.22. The number of aryl methyl sites for hydroxylation is 1. The van der Waals surface area contributed by atoms with Gasteiger partial charge in [0.2, 0.25) is 5.91 Å². The van der Waals surface area contributed by atoms with E-state index in [0.29, 0.717) is 24.1 Å². The molecule has 138 valence electrons. The normalized spacial score (nSPS) is 15.8. The maximum atomic E-state index is 12.8. The predicted octanol–water partition coefficient (Wildman–Crippen LogP) is 3.04. The second-order valence-corrected chi connectivity index (χ2v) is 6.22. The molecule has 2 N–H and O–H groups in total. The Labute approximate surface area is 146 Å². The lowest BCUT2D eigenvalue weighted by atomic mass is 9.63. The standard InChI is InChI=1S/C17H16F3N3O3/c1-10-8-13(23-15(25)21-10)22-14(24)16(6-3-7-16)11-4-2-5-12(9-11)26-17(18,19)20/h2,4-5,8-9H,3,6-7H2,1H3,(H2,21,22,23,24,25). The molecule has 1 fully saturated rings. The summed E-state index contributed by atoms with van der Waals surface area (Å²) in [6, 6.07) is 6.93. The number of nitrogens with zero attached hydrogens (tertiary/aromatic N) is 1. The van der Waals surface area contributed by atoms with E-state index in [0.717, 1.165) is 6.42 Å². The average molecular weight is 367 g/mol. The molecule has 1 aromatic carbocycles. The molecule has 1 aliphatic carbocycles. The van der Waals surface area contributed by atoms with Gasteiger partial charge >= 0.3 is 12.1 Å². The minimum absolute atomic E-state index is 0.102. The quantitative estimate of drug-likeness (QED) is 0.870. The van der Waals surface area contributed by atoms with E-state index >= 15 is 0 Å². The van der Waals surface area contributed by atoms with Gasteiger partial charge in [0, 0.05) is 11.8 Å². The number of benzene rings is 1. The number of aromatic nitrogens is 2. The van der Waals surface area contributed by atoms with Crippen molar-refractivity contribution in [1.29, 1.82) is 0 Å². The summed E-state index contributed by atoms with van der Waals surface area (Å²) in [7, 11) is 0. The zero-order valence-corrected chi connectivity index (χ0v) is 13.8. The van der Waals surface area contributed by atoms with Gasteiger partial charge in [0.1, 0.15) is 11.6 Å². The third-order valence-electron chi connectivity index (χ3n) is 4.38. The van der Waals surface area contributed by atoms with Gasteiger partial charge in [0.15, 0.2) is 0 Å². The fraction of sp³-hybridized carbons (Fsp3) is 0.353. The summed E-state index contributed by atoms with van der Waals surface area (Å²) in [5.41, 5.74) is -0.597. The van der Waals surface area contributed by atoms with Crippen LogP contribution in [0.3, 0.4) is 0 Å². The molecule has 1 saturated carbocycles. The second kappa shape index (κ2) is 6.47. The van der Waals surface area contributed by atoms with Gasteiger partial charge in [-0.2, -0.15) is 4.98 Å². The first-order valence-corrected chi connectivity index (χ1v) is 7.94. The Morgan fingerprint density at radius 1 is 1.31 bits per heavy atom. The Morgan fingerprint density at radius 2 is 2.04 bits per heavy atom. The van der Waals surface area contributed by atoms with Crippen LogP contribution in [0.4, 0.5) is 19.0 Å². The molecule has 0 aliphatic heterocycles. The molecule has 0 unspecified atom stereocenters. The van der Waals surface area contributed by atoms with Gasteiger partial charge in [-0.05, 0) is 37.5 Å². The van der Waals surface area contributed by atoms with E-state index in [1.165, 1.54) is 24.3 Å². The van der Waals surface area contributed by atoms with Gasteiger partial charge in [0.05, 0.1) is 5.41 Å². The van der Waals surface area contributed by atoms with E-state index < -0.39 is 23.4 Å². The van der Waals surface area contributed by atoms with Crippen molar-refractivity contribution in [2.24, 2.45) is 0 Å². The van der Waals surface area contributed by atoms with Gasteiger partial charge in [-0.15, -0.1) is 13.2 Å². The maximum absolute atomic E-state index is 12.8. The topological polar surface area (TPSA) is 84.1 Å². The highest BCUT2D eigenvalue weighted by molar-refractivity contribution is 5.99. The fourth-order valence-corrected chi connectivity index (χ4v) is 3.05. The molecule has 0 atom stereocenters. The van der Waals surface area contributed by atoms with Gasteiger partial charge in [-0.1, -0.05) is 18.6 Å². The van der Waals surface area contributed by atoms with E-state index in [2.05, 4.69) is 20.0 Å². The van der Waals surface area contributed by atoms with Crippen LogP contribution in [0.2, 0.25) is 0 Å². The largest absolute Gasteiger partial charge is 0.573 e. The number of amides is 1. The molecule has 2 aromatic rings. The van der Waals surface area contributed by atoms with Crippen LogP contribution in [0.15, 0.2) is 35.1 Å². The van der Waals surface area contributed by atoms with Gasteiger partial charge in [-0.25, -0.2) is 4.79 Å². The molecule has 6 nitrogen and oxygen atoms in total. The summed E-state index contributed by atoms with van der Waals surface area (Å²) in [4.78, 5) is 30.4. The summed E-state index contributed by atoms with van der Waals surface area (Å²) in [5.74, 6) is -0.685. The lowest BCUT2D eigenvalue weighted by Gasteiger charge is -2.40. The molecule has 0 saturated heterocycles. The van der Waals surface area contributed by atoms with E-state index in [4.69, 9.17) is 0 Å². The van der Waals surface area contributed by atoms with Crippen LogP contribution in [0, 0.1) is 6.92 Å². The number of aromatic amines is 1. The Bertz CT molecular complexity index is 889. The SMILES string of the molecule is Cc1cc(NC(=O)C2(c3cccc(OC(F)(F)F)c3)CCC2)nc(=O)[nH]1. The van der Waals surface area contributed by atoms with Crippen molar-refractivity contribution in [2.45, 2.75) is 38.0 Å². The molecule has 1 amide bonds. The molecule has 0 radical (unpaired) electrons. The maximum Gasteiger partial charge on any atom is 0.573 e. The minimum atomic E-state index is -4.81. The zero-order chi connectivity index (χ0) is 18.9. The molecule has 0 spiro atoms. The van der Waals surface area contributed by atoms with Crippen molar-refractivity contribution in [3.63, 3.8) is 0 Å². The number of halogens is 3. The van der Waals surface area contributed by atoms with Crippen LogP contribution in [-0.2, 0) is 10.2 Å². The summed E-state index contributed by atoms with van der Waals surface area (Å²) in [6.07, 6.45) is -3.08. The van der Waals surface area contributed by atoms with Crippen molar-refractivity contribution < 1.29 is 22.7 Å². The first-order valence-electron chi connectivity index (χ1n) is 7.94. The van der Waals surface area contributed by atoms with Crippen LogP contribution < -0.4 is 15.7 Å². The van der Waals surface area contributed by atoms with E-state index in [9.17, 15) is 22.8 Å². The number of nitrogens with one attached hydrogen (secondary N) is 2. The number of ether oxygens (including phenoxy) is 1. The summed E-state index contributed by atoms with van der Waals surface area (Å²) < 4.78 is 41.3. The van der Waals surface area contributed by atoms with Crippen LogP contribution >= 0.6 is 0 Å². The number of H-pyrrole nitrogens is 1. The third-order valence-corrected chi connectivity index (χ3v) is 4.38. The third kappa shape index (κ3) is 3.71. The number of rotatable bonds is 4. The van der Waals surface area contributed by atoms with Crippen LogP contribution in [0.25, 0.3) is 0 Å². The van der Waals surface area contributed by atoms with Crippen molar-refractivity contribution >= 4 is 11.7 Å². The van der Waals surface area contributed by atoms with Crippen LogP contribution in [0.1, 0.15) is 30.5 Å². The predicted molar refractivity (Wildman–Crippen MR) is 86.9 cm³/mol. The molecule has 26 heavy (non-hydrogen) atoms. The smallest absolute Gasteiger partial charge is 0.406 e. The van der Waals surface area contributed by atoms with Gasteiger partial charge < -0.3 is 15.0 Å². The Kier molecular flexibility index (Phi) is 4.47. The molecule has 1 heterocycles. The molecule has 0 bridgehead atoms. The highest BCUT2D eigenvalue weighted by Crippen LogP contribution is 2.45. The molecular weight excluding hydrogens is 351 g/mol. The van der Waals surface area contributed by atoms with Crippen molar-refractivity contribution in [3.05, 3.63) is 52.1 Å². The zero-order valence-electron chi connectivity index (χ0n) is 13.8. The molecule has 9 heteroatoms. The number of hydrogen-bond acceptors (Lipinski definition) is 4. The first-order chi connectivity index (χ1) is 12.2. The van der Waals surface area contributed by atoms with E-state index in [-0.39, 0.29) is 11.6 Å². The number of alkyl halides is 3. The van der Waals surface area contributed by atoms with Crippen molar-refractivity contribution in [2.75, 3.05) is 5.32 Å². The highest BCUT2D eigenvalue weighted by atomic mass is 19.4. The van der Waals surface area contributed by atoms with Crippen molar-refractivity contribution in [1.82, 2.24) is 9.97 Å². The lowest BCUT2D eigenvalue weighted by molar-refractivity contribution is -0.274. The summed E-state index contributed by atoms with van der Waals surface area (Å²) in [6.45, 7) is 1.65. The minimum Gasteiger partial charge on any atom is -0.406 e. The number of carbonyl (C=O) groups is 1. The molecular formula is C17H16F3N3O3. The fourth-order valence-electron chi connectivity index (χ4n) is 3.05. The summed E-state index contributed by atoms with van der Waals surface area (Å²) in [5, 5.41) is 2.60. The highest BCUT2D eigenvalue weighted by Gasteiger charge is 2.46. The van der Waals surface area contributed by atoms with Crippen LogP contribution in [0.5, 0.6) is 5.75 Å². The van der Waals surface area contributed by atoms with Crippen LogP contribution in [-0.4, -0.2) is 22.2 Å². The monoisotopic (exact) mass is 367 g/mol. The Balaban J connectivity index is 1.88. The molecule has 1 aromatic heterocycles. The Hall–Kier alpha value is -2.84. The van der Waals surface area contributed by atoms with Gasteiger partial charge in [0.25, 0.3) is 0 Å². The number of carbonyl (C=O) groups excluding carboxylic acids is 1. The number of anilines is 1. The lowest BCUT2D eigenvalue weighted by Crippen LogP contribution is -2.46. The average Bonchev–Trinajstić information content (AvgIpc) is 2.43. The first kappa shape index (κ1) is 18.0. The molecule has 1 aliphatic rings. The molecule has 3 rings (SSSR count). The van der Waals surface area contributed by atoms with Crippen molar-refractivity contribution in [3.8, 4) is 5.75 Å². The Morgan fingerprint density at radius 3 is 2.62 bits per heavy atom. The van der Waals surface area contributed by atoms with Gasteiger partial charge in [-0.3, -0.25) is 4.79 Å². The van der Waals surface area contributed by atoms with E-state index in [1.807, 2.05) is 0 Å². The summed E-state index contributed by atoms with van der Waals surface area (Å²) >= 11 is 0.